The molecule has 2 aromatic carbocycles. The second kappa shape index (κ2) is 10.3. The smallest absolute Gasteiger partial charge is 0.255 e. The zero-order valence-electron chi connectivity index (χ0n) is 19.4. The number of rotatable bonds is 6. The molecule has 2 aliphatic heterocycles. The molecule has 3 atom stereocenters. The van der Waals surface area contributed by atoms with Crippen LogP contribution in [0.5, 0.6) is 5.75 Å². The van der Waals surface area contributed by atoms with Gasteiger partial charge in [0.25, 0.3) is 5.91 Å². The largest absolute Gasteiger partial charge is 0.489 e. The molecule has 182 valence electrons. The highest BCUT2D eigenvalue weighted by atomic mass is 16.5. The van der Waals surface area contributed by atoms with Crippen LogP contribution in [0.15, 0.2) is 60.7 Å². The molecule has 2 saturated heterocycles. The SMILES string of the molecule is O=C(Nc1ccccc1OCC1CCCCO1)c1cccc(N2NC(=O)C3CC=CCC3C2=O)c1. The van der Waals surface area contributed by atoms with Crippen LogP contribution in [0, 0.1) is 11.8 Å². The first-order valence-corrected chi connectivity index (χ1v) is 12.1. The van der Waals surface area contributed by atoms with Gasteiger partial charge in [0.15, 0.2) is 0 Å². The molecule has 3 unspecified atom stereocenters. The van der Waals surface area contributed by atoms with Crippen molar-refractivity contribution in [2.45, 2.75) is 38.2 Å². The number of carbonyl (C=O) groups excluding carboxylic acids is 3. The van der Waals surface area contributed by atoms with Gasteiger partial charge in [0.2, 0.25) is 11.8 Å². The number of carbonyl (C=O) groups is 3. The van der Waals surface area contributed by atoms with E-state index >= 15 is 0 Å². The van der Waals surface area contributed by atoms with Crippen molar-refractivity contribution in [3.63, 3.8) is 0 Å². The normalized spacial score (nSPS) is 23.9. The molecule has 0 radical (unpaired) electrons. The number of allylic oxidation sites excluding steroid dienone is 2. The summed E-state index contributed by atoms with van der Waals surface area (Å²) in [7, 11) is 0. The van der Waals surface area contributed by atoms with Crippen molar-refractivity contribution in [3.8, 4) is 5.75 Å². The molecule has 8 heteroatoms. The van der Waals surface area contributed by atoms with E-state index in [1.165, 1.54) is 5.01 Å². The highest BCUT2D eigenvalue weighted by Gasteiger charge is 2.42. The molecule has 2 heterocycles. The fraction of sp³-hybridized carbons (Fsp3) is 0.370. The fourth-order valence-corrected chi connectivity index (χ4v) is 4.78. The fourth-order valence-electron chi connectivity index (χ4n) is 4.78. The van der Waals surface area contributed by atoms with Crippen molar-refractivity contribution >= 4 is 29.1 Å². The summed E-state index contributed by atoms with van der Waals surface area (Å²) < 4.78 is 11.7. The molecule has 2 aromatic rings. The second-order valence-corrected chi connectivity index (χ2v) is 9.11. The van der Waals surface area contributed by atoms with Gasteiger partial charge in [0, 0.05) is 12.2 Å². The van der Waals surface area contributed by atoms with Gasteiger partial charge < -0.3 is 14.8 Å². The molecule has 2 fully saturated rings. The van der Waals surface area contributed by atoms with Crippen molar-refractivity contribution in [1.82, 2.24) is 5.43 Å². The first-order valence-electron chi connectivity index (χ1n) is 12.1. The van der Waals surface area contributed by atoms with Crippen LogP contribution in [-0.4, -0.2) is 37.0 Å². The summed E-state index contributed by atoms with van der Waals surface area (Å²) in [6, 6.07) is 13.9. The van der Waals surface area contributed by atoms with Gasteiger partial charge in [-0.2, -0.15) is 0 Å². The maximum absolute atomic E-state index is 13.1. The van der Waals surface area contributed by atoms with Crippen LogP contribution in [0.3, 0.4) is 0 Å². The summed E-state index contributed by atoms with van der Waals surface area (Å²) in [5, 5.41) is 4.17. The number of ether oxygens (including phenoxy) is 2. The Morgan fingerprint density at radius 2 is 1.89 bits per heavy atom. The Kier molecular flexibility index (Phi) is 6.81. The van der Waals surface area contributed by atoms with Gasteiger partial charge in [0.05, 0.1) is 29.3 Å². The van der Waals surface area contributed by atoms with Gasteiger partial charge in [-0.05, 0) is 62.4 Å². The molecule has 5 rings (SSSR count). The lowest BCUT2D eigenvalue weighted by Gasteiger charge is -2.38. The minimum absolute atomic E-state index is 0.0562. The maximum atomic E-state index is 13.1. The zero-order valence-corrected chi connectivity index (χ0v) is 19.4. The van der Waals surface area contributed by atoms with Gasteiger partial charge in [-0.15, -0.1) is 0 Å². The van der Waals surface area contributed by atoms with Crippen molar-refractivity contribution in [2.75, 3.05) is 23.5 Å². The summed E-state index contributed by atoms with van der Waals surface area (Å²) >= 11 is 0. The predicted octanol–water partition coefficient (Wildman–Crippen LogP) is 3.85. The Morgan fingerprint density at radius 3 is 2.71 bits per heavy atom. The molecule has 1 aliphatic carbocycles. The molecule has 8 nitrogen and oxygen atoms in total. The van der Waals surface area contributed by atoms with Crippen LogP contribution in [0.1, 0.15) is 42.5 Å². The topological polar surface area (TPSA) is 97.0 Å². The average Bonchev–Trinajstić information content (AvgIpc) is 2.91. The summed E-state index contributed by atoms with van der Waals surface area (Å²) in [6.07, 6.45) is 8.21. The zero-order chi connectivity index (χ0) is 24.2. The number of para-hydroxylation sites is 2. The van der Waals surface area contributed by atoms with Gasteiger partial charge in [-0.3, -0.25) is 19.8 Å². The molecule has 35 heavy (non-hydrogen) atoms. The second-order valence-electron chi connectivity index (χ2n) is 9.11. The van der Waals surface area contributed by atoms with Gasteiger partial charge in [0.1, 0.15) is 12.4 Å². The van der Waals surface area contributed by atoms with E-state index in [0.29, 0.717) is 42.1 Å². The number of nitrogens with one attached hydrogen (secondary N) is 2. The number of nitrogens with zero attached hydrogens (tertiary/aromatic N) is 1. The number of hydrogen-bond donors (Lipinski definition) is 2. The van der Waals surface area contributed by atoms with Gasteiger partial charge >= 0.3 is 0 Å². The standard InChI is InChI=1S/C27H29N3O5/c31-25(28-23-13-3-4-14-24(23)35-17-20-10-5-6-15-34-20)18-8-7-9-19(16-18)30-27(33)22-12-2-1-11-21(22)26(32)29-30/h1-4,7-9,13-14,16,20-22H,5-6,10-12,15,17H2,(H,28,31)(H,29,32). The minimum atomic E-state index is -0.386. The van der Waals surface area contributed by atoms with E-state index in [1.54, 1.807) is 30.3 Å². The molecule has 2 N–H and O–H groups in total. The van der Waals surface area contributed by atoms with Crippen molar-refractivity contribution in [1.29, 1.82) is 0 Å². The Bertz CT molecular complexity index is 1140. The number of hydrogen-bond acceptors (Lipinski definition) is 5. The lowest BCUT2D eigenvalue weighted by molar-refractivity contribution is -0.139. The summed E-state index contributed by atoms with van der Waals surface area (Å²) in [5.41, 5.74) is 4.06. The van der Waals surface area contributed by atoms with Crippen LogP contribution in [0.2, 0.25) is 0 Å². The summed E-state index contributed by atoms with van der Waals surface area (Å²) in [6.45, 7) is 1.18. The van der Waals surface area contributed by atoms with E-state index in [2.05, 4.69) is 10.7 Å². The lowest BCUT2D eigenvalue weighted by Crippen LogP contribution is -2.59. The number of hydrazine groups is 1. The number of benzene rings is 2. The average molecular weight is 476 g/mol. The Balaban J connectivity index is 1.29. The maximum Gasteiger partial charge on any atom is 0.255 e. The molecule has 0 spiro atoms. The van der Waals surface area contributed by atoms with E-state index in [-0.39, 0.29) is 35.7 Å². The summed E-state index contributed by atoms with van der Waals surface area (Å²) in [4.78, 5) is 38.8. The van der Waals surface area contributed by atoms with Crippen LogP contribution in [-0.2, 0) is 14.3 Å². The Morgan fingerprint density at radius 1 is 1.06 bits per heavy atom. The third-order valence-corrected chi connectivity index (χ3v) is 6.73. The number of fused-ring (bicyclic) bond motifs is 1. The van der Waals surface area contributed by atoms with Gasteiger partial charge in [-0.1, -0.05) is 30.4 Å². The van der Waals surface area contributed by atoms with E-state index < -0.39 is 0 Å². The molecule has 0 aromatic heterocycles. The highest BCUT2D eigenvalue weighted by Crippen LogP contribution is 2.33. The van der Waals surface area contributed by atoms with Crippen LogP contribution in [0.4, 0.5) is 11.4 Å². The highest BCUT2D eigenvalue weighted by molar-refractivity contribution is 6.07. The van der Waals surface area contributed by atoms with Crippen molar-refractivity contribution in [2.24, 2.45) is 11.8 Å². The molecular weight excluding hydrogens is 446 g/mol. The molecule has 0 saturated carbocycles. The van der Waals surface area contributed by atoms with E-state index in [9.17, 15) is 14.4 Å². The third kappa shape index (κ3) is 5.07. The quantitative estimate of drug-likeness (QED) is 0.619. The molecular formula is C27H29N3O5. The van der Waals surface area contributed by atoms with Crippen LogP contribution >= 0.6 is 0 Å². The molecule has 0 bridgehead atoms. The van der Waals surface area contributed by atoms with Gasteiger partial charge in [-0.25, -0.2) is 5.01 Å². The van der Waals surface area contributed by atoms with Crippen LogP contribution in [0.25, 0.3) is 0 Å². The Labute approximate surface area is 204 Å². The van der Waals surface area contributed by atoms with E-state index in [4.69, 9.17) is 9.47 Å². The van der Waals surface area contributed by atoms with E-state index in [1.807, 2.05) is 30.4 Å². The van der Waals surface area contributed by atoms with E-state index in [0.717, 1.165) is 25.9 Å². The van der Waals surface area contributed by atoms with Crippen LogP contribution < -0.4 is 20.5 Å². The Hall–Kier alpha value is -3.65. The van der Waals surface area contributed by atoms with Crippen molar-refractivity contribution < 1.29 is 23.9 Å². The predicted molar refractivity (Wildman–Crippen MR) is 131 cm³/mol. The molecule has 3 aliphatic rings. The molecule has 3 amide bonds. The number of amides is 3. The monoisotopic (exact) mass is 475 g/mol. The minimum Gasteiger partial charge on any atom is -0.489 e. The first-order chi connectivity index (χ1) is 17.1. The first kappa shape index (κ1) is 23.1. The third-order valence-electron chi connectivity index (χ3n) is 6.73. The lowest BCUT2D eigenvalue weighted by atomic mass is 9.80. The van der Waals surface area contributed by atoms with Crippen molar-refractivity contribution in [3.05, 3.63) is 66.2 Å². The number of anilines is 2. The summed E-state index contributed by atoms with van der Waals surface area (Å²) in [5.74, 6) is -0.844.